The maximum absolute atomic E-state index is 12.1. The lowest BCUT2D eigenvalue weighted by atomic mass is 9.79. The third-order valence-corrected chi connectivity index (χ3v) is 5.31. The Bertz CT molecular complexity index is 794. The Hall–Kier alpha value is -2.29. The zero-order valence-electron chi connectivity index (χ0n) is 14.6. The van der Waals surface area contributed by atoms with Crippen molar-refractivity contribution >= 4 is 28.3 Å². The summed E-state index contributed by atoms with van der Waals surface area (Å²) in [6, 6.07) is 0. The molecule has 3 N–H and O–H groups in total. The van der Waals surface area contributed by atoms with E-state index in [2.05, 4.69) is 44.6 Å². The molecule has 134 valence electrons. The molecule has 0 atom stereocenters. The summed E-state index contributed by atoms with van der Waals surface area (Å²) in [5, 5.41) is 12.3. The highest BCUT2D eigenvalue weighted by Crippen LogP contribution is 2.40. The van der Waals surface area contributed by atoms with Crippen molar-refractivity contribution in [1.29, 1.82) is 0 Å². The number of aromatic nitrogens is 4. The zero-order chi connectivity index (χ0) is 18.0. The first-order valence-electron chi connectivity index (χ1n) is 8.38. The molecule has 25 heavy (non-hydrogen) atoms. The van der Waals surface area contributed by atoms with Gasteiger partial charge in [-0.3, -0.25) is 20.0 Å². The number of aryl methyl sites for hydroxylation is 2. The van der Waals surface area contributed by atoms with Gasteiger partial charge in [0.1, 0.15) is 5.82 Å². The van der Waals surface area contributed by atoms with Crippen LogP contribution in [0.4, 0.5) is 5.13 Å². The van der Waals surface area contributed by atoms with Crippen LogP contribution >= 0.6 is 11.3 Å². The van der Waals surface area contributed by atoms with E-state index in [1.54, 1.807) is 0 Å². The van der Waals surface area contributed by atoms with E-state index in [0.29, 0.717) is 23.2 Å². The Morgan fingerprint density at radius 2 is 2.08 bits per heavy atom. The van der Waals surface area contributed by atoms with Gasteiger partial charge < -0.3 is 5.32 Å². The molecule has 8 nitrogen and oxygen atoms in total. The lowest BCUT2D eigenvalue weighted by Crippen LogP contribution is -2.35. The molecule has 0 radical (unpaired) electrons. The maximum Gasteiger partial charge on any atom is 0.315 e. The molecule has 0 saturated carbocycles. The van der Waals surface area contributed by atoms with Crippen molar-refractivity contribution < 1.29 is 9.59 Å². The molecule has 1 aliphatic rings. The summed E-state index contributed by atoms with van der Waals surface area (Å²) in [4.78, 5) is 33.9. The van der Waals surface area contributed by atoms with E-state index in [4.69, 9.17) is 0 Å². The van der Waals surface area contributed by atoms with Crippen molar-refractivity contribution in [2.75, 3.05) is 5.32 Å². The highest BCUT2D eigenvalue weighted by molar-refractivity contribution is 7.16. The number of fused-ring (bicyclic) bond motifs is 1. The summed E-state index contributed by atoms with van der Waals surface area (Å²) in [5.41, 5.74) is 1.05. The molecule has 0 unspecified atom stereocenters. The average molecular weight is 362 g/mol. The summed E-state index contributed by atoms with van der Waals surface area (Å²) in [6.45, 7) is 6.38. The van der Waals surface area contributed by atoms with Crippen molar-refractivity contribution in [2.24, 2.45) is 0 Å². The summed E-state index contributed by atoms with van der Waals surface area (Å²) in [7, 11) is 0. The fraction of sp³-hybridized carbons (Fsp3) is 0.562. The second kappa shape index (κ2) is 6.91. The van der Waals surface area contributed by atoms with Crippen molar-refractivity contribution in [3.05, 3.63) is 22.2 Å². The van der Waals surface area contributed by atoms with Crippen molar-refractivity contribution in [3.8, 4) is 0 Å². The number of aromatic amines is 1. The van der Waals surface area contributed by atoms with Gasteiger partial charge in [0.2, 0.25) is 0 Å². The van der Waals surface area contributed by atoms with Gasteiger partial charge in [-0.1, -0.05) is 20.8 Å². The van der Waals surface area contributed by atoms with Gasteiger partial charge >= 0.3 is 11.8 Å². The van der Waals surface area contributed by atoms with Crippen molar-refractivity contribution in [1.82, 2.24) is 25.5 Å². The Labute approximate surface area is 149 Å². The molecule has 0 bridgehead atoms. The fourth-order valence-corrected chi connectivity index (χ4v) is 4.06. The van der Waals surface area contributed by atoms with Crippen LogP contribution in [0, 0.1) is 0 Å². The van der Waals surface area contributed by atoms with E-state index in [0.717, 1.165) is 25.0 Å². The molecule has 3 rings (SSSR count). The minimum absolute atomic E-state index is 0.0125. The number of hydrogen-bond donors (Lipinski definition) is 3. The van der Waals surface area contributed by atoms with Gasteiger partial charge in [-0.2, -0.15) is 5.10 Å². The van der Waals surface area contributed by atoms with Crippen LogP contribution in [0.3, 0.4) is 0 Å². The number of hydrogen-bond acceptors (Lipinski definition) is 6. The number of carbonyl (C=O) groups excluding carboxylic acids is 2. The molecule has 0 aromatic carbocycles. The predicted molar refractivity (Wildman–Crippen MR) is 94.3 cm³/mol. The molecular weight excluding hydrogens is 340 g/mol. The van der Waals surface area contributed by atoms with Crippen LogP contribution in [0.2, 0.25) is 0 Å². The third-order valence-electron chi connectivity index (χ3n) is 4.28. The number of anilines is 1. The number of carbonyl (C=O) groups is 2. The van der Waals surface area contributed by atoms with Crippen LogP contribution in [0.15, 0.2) is 0 Å². The first kappa shape index (κ1) is 17.5. The molecule has 2 amide bonds. The zero-order valence-corrected chi connectivity index (χ0v) is 15.4. The molecule has 9 heteroatoms. The molecule has 0 fully saturated rings. The smallest absolute Gasteiger partial charge is 0.315 e. The van der Waals surface area contributed by atoms with Gasteiger partial charge in [-0.15, -0.1) is 11.3 Å². The maximum atomic E-state index is 12.1. The number of nitrogens with one attached hydrogen (secondary N) is 3. The highest BCUT2D eigenvalue weighted by atomic mass is 32.1. The van der Waals surface area contributed by atoms with E-state index in [1.165, 1.54) is 16.2 Å². The van der Waals surface area contributed by atoms with Crippen LogP contribution in [-0.4, -0.2) is 32.0 Å². The topological polar surface area (TPSA) is 113 Å². The number of thiazole rings is 1. The standard InChI is InChI=1S/C16H22N6O2S/c1-4-10-18-11(22-21-10)8-17-13(23)14(24)20-15-19-12-9(25-15)6-5-7-16(12,2)3/h4-8H2,1-3H3,(H,17,23)(H,18,21,22)(H,19,20,24). The van der Waals surface area contributed by atoms with Crippen LogP contribution in [-0.2, 0) is 34.4 Å². The molecule has 0 saturated heterocycles. The third kappa shape index (κ3) is 3.87. The van der Waals surface area contributed by atoms with Gasteiger partial charge in [0.25, 0.3) is 0 Å². The SMILES string of the molecule is CCc1n[nH]c(CNC(=O)C(=O)Nc2nc3c(s2)CCCC3(C)C)n1. The summed E-state index contributed by atoms with van der Waals surface area (Å²) in [6.07, 6.45) is 3.88. The van der Waals surface area contributed by atoms with E-state index in [-0.39, 0.29) is 12.0 Å². The lowest BCUT2D eigenvalue weighted by molar-refractivity contribution is -0.136. The summed E-state index contributed by atoms with van der Waals surface area (Å²) < 4.78 is 0. The van der Waals surface area contributed by atoms with Crippen molar-refractivity contribution in [2.45, 2.75) is 58.4 Å². The van der Waals surface area contributed by atoms with Crippen LogP contribution in [0.25, 0.3) is 0 Å². The van der Waals surface area contributed by atoms with Crippen LogP contribution in [0.5, 0.6) is 0 Å². The first-order chi connectivity index (χ1) is 11.9. The average Bonchev–Trinajstić information content (AvgIpc) is 3.19. The van der Waals surface area contributed by atoms with Gasteiger partial charge in [-0.05, 0) is 19.3 Å². The second-order valence-electron chi connectivity index (χ2n) is 6.72. The van der Waals surface area contributed by atoms with E-state index >= 15 is 0 Å². The minimum atomic E-state index is -0.723. The number of nitrogens with zero attached hydrogens (tertiary/aromatic N) is 3. The number of amides is 2. The molecule has 2 aromatic heterocycles. The van der Waals surface area contributed by atoms with E-state index in [9.17, 15) is 9.59 Å². The second-order valence-corrected chi connectivity index (χ2v) is 7.80. The Kier molecular flexibility index (Phi) is 4.85. The monoisotopic (exact) mass is 362 g/mol. The number of rotatable bonds is 4. The van der Waals surface area contributed by atoms with Gasteiger partial charge in [0, 0.05) is 16.7 Å². The molecule has 0 spiro atoms. The molecule has 2 heterocycles. The van der Waals surface area contributed by atoms with E-state index < -0.39 is 11.8 Å². The Morgan fingerprint density at radius 3 is 2.76 bits per heavy atom. The quantitative estimate of drug-likeness (QED) is 0.717. The first-order valence-corrected chi connectivity index (χ1v) is 9.20. The number of H-pyrrole nitrogens is 1. The fourth-order valence-electron chi connectivity index (χ4n) is 2.88. The van der Waals surface area contributed by atoms with Crippen molar-refractivity contribution in [3.63, 3.8) is 0 Å². The Balaban J connectivity index is 1.58. The summed E-state index contributed by atoms with van der Waals surface area (Å²) in [5.74, 6) is -0.254. The largest absolute Gasteiger partial charge is 0.341 e. The lowest BCUT2D eigenvalue weighted by Gasteiger charge is -2.27. The molecule has 2 aromatic rings. The molecular formula is C16H22N6O2S. The Morgan fingerprint density at radius 1 is 1.28 bits per heavy atom. The van der Waals surface area contributed by atoms with E-state index in [1.807, 2.05) is 6.92 Å². The molecule has 0 aliphatic heterocycles. The highest BCUT2D eigenvalue weighted by Gasteiger charge is 2.31. The van der Waals surface area contributed by atoms with Crippen LogP contribution in [0.1, 0.15) is 55.8 Å². The van der Waals surface area contributed by atoms with Gasteiger partial charge in [0.05, 0.1) is 12.2 Å². The summed E-state index contributed by atoms with van der Waals surface area (Å²) >= 11 is 1.45. The minimum Gasteiger partial charge on any atom is -0.341 e. The van der Waals surface area contributed by atoms with Gasteiger partial charge in [-0.25, -0.2) is 9.97 Å². The van der Waals surface area contributed by atoms with Gasteiger partial charge in [0.15, 0.2) is 11.0 Å². The molecule has 1 aliphatic carbocycles. The normalized spacial score (nSPS) is 15.5. The predicted octanol–water partition coefficient (Wildman–Crippen LogP) is 1.69. The van der Waals surface area contributed by atoms with Crippen LogP contribution < -0.4 is 10.6 Å².